The molecule has 0 aromatic heterocycles. The zero-order chi connectivity index (χ0) is 15.2. The van der Waals surface area contributed by atoms with Crippen LogP contribution >= 0.6 is 0 Å². The fraction of sp³-hybridized carbons (Fsp3) is 0.474. The molecule has 21 heavy (non-hydrogen) atoms. The van der Waals surface area contributed by atoms with Crippen molar-refractivity contribution in [2.75, 3.05) is 0 Å². The van der Waals surface area contributed by atoms with E-state index in [1.807, 2.05) is 12.1 Å². The number of fused-ring (bicyclic) bond motifs is 2. The van der Waals surface area contributed by atoms with Crippen LogP contribution in [0.4, 0.5) is 0 Å². The second-order valence-electron chi connectivity index (χ2n) is 6.89. The summed E-state index contributed by atoms with van der Waals surface area (Å²) >= 11 is 0. The van der Waals surface area contributed by atoms with E-state index in [1.54, 1.807) is 12.1 Å². The van der Waals surface area contributed by atoms with Crippen molar-refractivity contribution in [1.29, 1.82) is 0 Å². The van der Waals surface area contributed by atoms with Gasteiger partial charge in [-0.3, -0.25) is 9.59 Å². The largest absolute Gasteiger partial charge is 0.294 e. The van der Waals surface area contributed by atoms with E-state index in [4.69, 9.17) is 0 Å². The van der Waals surface area contributed by atoms with Gasteiger partial charge in [0.2, 0.25) is 0 Å². The number of carbonyl (C=O) groups excluding carboxylic acids is 2. The van der Waals surface area contributed by atoms with Gasteiger partial charge in [0.05, 0.1) is 0 Å². The lowest BCUT2D eigenvalue weighted by Crippen LogP contribution is -2.39. The van der Waals surface area contributed by atoms with Crippen LogP contribution in [0, 0.1) is 17.3 Å². The van der Waals surface area contributed by atoms with Crippen molar-refractivity contribution in [2.24, 2.45) is 17.3 Å². The second-order valence-corrected chi connectivity index (χ2v) is 6.89. The highest BCUT2D eigenvalue weighted by Gasteiger charge is 2.43. The molecular formula is C19H22O2. The van der Waals surface area contributed by atoms with Gasteiger partial charge in [0.25, 0.3) is 0 Å². The standard InChI is InChI=1S/C19H22O2/c1-4-19(2,3)12-9-10-15-16(11-12)18(21)14-8-6-5-7-13(14)17(15)20/h5-9,15-16H,4,10-11H2,1-3H3. The Balaban J connectivity index is 1.99. The van der Waals surface area contributed by atoms with Crippen LogP contribution in [0.5, 0.6) is 0 Å². The van der Waals surface area contributed by atoms with E-state index in [0.717, 1.165) is 12.8 Å². The van der Waals surface area contributed by atoms with E-state index in [0.29, 0.717) is 17.5 Å². The number of carbonyl (C=O) groups is 2. The first-order valence-corrected chi connectivity index (χ1v) is 7.82. The van der Waals surface area contributed by atoms with Crippen LogP contribution in [0.25, 0.3) is 0 Å². The Morgan fingerprint density at radius 2 is 1.62 bits per heavy atom. The molecule has 0 N–H and O–H groups in total. The van der Waals surface area contributed by atoms with Gasteiger partial charge >= 0.3 is 0 Å². The molecule has 1 aromatic rings. The lowest BCUT2D eigenvalue weighted by Gasteiger charge is -2.38. The zero-order valence-corrected chi connectivity index (χ0v) is 13.0. The molecule has 2 aliphatic rings. The van der Waals surface area contributed by atoms with Gasteiger partial charge < -0.3 is 0 Å². The summed E-state index contributed by atoms with van der Waals surface area (Å²) in [5.74, 6) is 0.00883. The number of ketones is 2. The Morgan fingerprint density at radius 1 is 1.05 bits per heavy atom. The second kappa shape index (κ2) is 4.94. The average Bonchev–Trinajstić information content (AvgIpc) is 2.52. The van der Waals surface area contributed by atoms with Gasteiger partial charge in [-0.05, 0) is 24.7 Å². The summed E-state index contributed by atoms with van der Waals surface area (Å²) in [6.45, 7) is 6.63. The fourth-order valence-electron chi connectivity index (χ4n) is 3.55. The number of hydrogen-bond donors (Lipinski definition) is 0. The van der Waals surface area contributed by atoms with Crippen molar-refractivity contribution in [1.82, 2.24) is 0 Å². The highest BCUT2D eigenvalue weighted by molar-refractivity contribution is 6.16. The third kappa shape index (κ3) is 2.17. The van der Waals surface area contributed by atoms with Gasteiger partial charge in [0.15, 0.2) is 11.6 Å². The molecule has 1 aromatic carbocycles. The molecule has 0 heterocycles. The van der Waals surface area contributed by atoms with E-state index in [9.17, 15) is 9.59 Å². The summed E-state index contributed by atoms with van der Waals surface area (Å²) in [4.78, 5) is 25.4. The normalized spacial score (nSPS) is 25.2. The van der Waals surface area contributed by atoms with Crippen LogP contribution in [-0.4, -0.2) is 11.6 Å². The van der Waals surface area contributed by atoms with E-state index in [-0.39, 0.29) is 28.8 Å². The first-order valence-electron chi connectivity index (χ1n) is 7.82. The molecule has 2 nitrogen and oxygen atoms in total. The summed E-state index contributed by atoms with van der Waals surface area (Å²) < 4.78 is 0. The average molecular weight is 282 g/mol. The minimum atomic E-state index is -0.154. The van der Waals surface area contributed by atoms with E-state index in [1.165, 1.54) is 5.57 Å². The highest BCUT2D eigenvalue weighted by Crippen LogP contribution is 2.44. The molecule has 0 fully saturated rings. The first-order chi connectivity index (χ1) is 9.95. The Bertz CT molecular complexity index is 637. The number of rotatable bonds is 2. The maximum absolute atomic E-state index is 12.8. The predicted octanol–water partition coefficient (Wildman–Crippen LogP) is 4.45. The lowest BCUT2D eigenvalue weighted by molar-refractivity contribution is 0.0717. The van der Waals surface area contributed by atoms with Crippen LogP contribution in [-0.2, 0) is 0 Å². The Hall–Kier alpha value is -1.70. The van der Waals surface area contributed by atoms with Crippen molar-refractivity contribution in [2.45, 2.75) is 40.0 Å². The Labute approximate surface area is 126 Å². The number of Topliss-reactive ketones (excluding diaryl/α,β-unsaturated/α-hetero) is 2. The number of allylic oxidation sites excluding steroid dienone is 2. The lowest BCUT2D eigenvalue weighted by atomic mass is 9.64. The molecule has 2 atom stereocenters. The van der Waals surface area contributed by atoms with Gasteiger partial charge in [0, 0.05) is 23.0 Å². The van der Waals surface area contributed by atoms with Gasteiger partial charge in [-0.15, -0.1) is 0 Å². The van der Waals surface area contributed by atoms with Crippen LogP contribution in [0.15, 0.2) is 35.9 Å². The van der Waals surface area contributed by atoms with Crippen LogP contribution in [0.1, 0.15) is 60.7 Å². The van der Waals surface area contributed by atoms with Gasteiger partial charge in [-0.2, -0.15) is 0 Å². The maximum atomic E-state index is 12.8. The summed E-state index contributed by atoms with van der Waals surface area (Å²) in [5.41, 5.74) is 2.70. The highest BCUT2D eigenvalue weighted by atomic mass is 16.1. The summed E-state index contributed by atoms with van der Waals surface area (Å²) in [6, 6.07) is 7.28. The first kappa shape index (κ1) is 14.2. The summed E-state index contributed by atoms with van der Waals surface area (Å²) in [6.07, 6.45) is 4.71. The molecule has 0 spiro atoms. The predicted molar refractivity (Wildman–Crippen MR) is 83.5 cm³/mol. The minimum absolute atomic E-state index is 0.116. The quantitative estimate of drug-likeness (QED) is 0.751. The molecular weight excluding hydrogens is 260 g/mol. The maximum Gasteiger partial charge on any atom is 0.167 e. The van der Waals surface area contributed by atoms with Crippen LogP contribution in [0.2, 0.25) is 0 Å². The van der Waals surface area contributed by atoms with Crippen LogP contribution < -0.4 is 0 Å². The smallest absolute Gasteiger partial charge is 0.167 e. The van der Waals surface area contributed by atoms with Gasteiger partial charge in [-0.25, -0.2) is 0 Å². The van der Waals surface area contributed by atoms with Crippen molar-refractivity contribution in [3.05, 3.63) is 47.0 Å². The Kier molecular flexibility index (Phi) is 3.35. The van der Waals surface area contributed by atoms with E-state index in [2.05, 4.69) is 26.8 Å². The zero-order valence-electron chi connectivity index (χ0n) is 13.0. The van der Waals surface area contributed by atoms with Crippen LogP contribution in [0.3, 0.4) is 0 Å². The molecule has 110 valence electrons. The van der Waals surface area contributed by atoms with Crippen molar-refractivity contribution < 1.29 is 9.59 Å². The van der Waals surface area contributed by atoms with Crippen molar-refractivity contribution >= 4 is 11.6 Å². The molecule has 0 saturated carbocycles. The molecule has 2 heteroatoms. The van der Waals surface area contributed by atoms with Crippen molar-refractivity contribution in [3.8, 4) is 0 Å². The third-order valence-corrected chi connectivity index (χ3v) is 5.43. The van der Waals surface area contributed by atoms with E-state index >= 15 is 0 Å². The molecule has 3 rings (SSSR count). The van der Waals surface area contributed by atoms with E-state index < -0.39 is 0 Å². The molecule has 0 amide bonds. The fourth-order valence-corrected chi connectivity index (χ4v) is 3.55. The summed E-state index contributed by atoms with van der Waals surface area (Å²) in [5, 5.41) is 0. The monoisotopic (exact) mass is 282 g/mol. The molecule has 0 bridgehead atoms. The van der Waals surface area contributed by atoms with Crippen molar-refractivity contribution in [3.63, 3.8) is 0 Å². The molecule has 0 saturated heterocycles. The number of benzene rings is 1. The minimum Gasteiger partial charge on any atom is -0.294 e. The number of hydrogen-bond acceptors (Lipinski definition) is 2. The topological polar surface area (TPSA) is 34.1 Å². The Morgan fingerprint density at radius 3 is 2.19 bits per heavy atom. The van der Waals surface area contributed by atoms with Gasteiger partial charge in [-0.1, -0.05) is 56.7 Å². The SMILES string of the molecule is CCC(C)(C)C1=CCC2C(=O)c3ccccc3C(=O)C2C1. The van der Waals surface area contributed by atoms with Gasteiger partial charge in [0.1, 0.15) is 0 Å². The molecule has 2 aliphatic carbocycles. The molecule has 2 unspecified atom stereocenters. The molecule has 0 radical (unpaired) electrons. The summed E-state index contributed by atoms with van der Waals surface area (Å²) in [7, 11) is 0. The third-order valence-electron chi connectivity index (χ3n) is 5.43. The molecule has 0 aliphatic heterocycles.